The zero-order chi connectivity index (χ0) is 22.5. The quantitative estimate of drug-likeness (QED) is 0.565. The van der Waals surface area contributed by atoms with Crippen LogP contribution in [0.15, 0.2) is 55.0 Å². The molecule has 9 nitrogen and oxygen atoms in total. The number of nitrogens with zero attached hydrogens (tertiary/aromatic N) is 3. The lowest BCUT2D eigenvalue weighted by Gasteiger charge is -2.39. The number of hydrogen-bond acceptors (Lipinski definition) is 5. The maximum absolute atomic E-state index is 12.2. The molecule has 1 saturated heterocycles. The molecule has 1 aliphatic rings. The molecular formula is C23H27N5O4. The van der Waals surface area contributed by atoms with E-state index in [-0.39, 0.29) is 30.8 Å². The number of hydrogen-bond donors (Lipinski definition) is 2. The number of pyridine rings is 1. The number of aromatic nitrogens is 2. The van der Waals surface area contributed by atoms with Crippen LogP contribution < -0.4 is 15.4 Å². The minimum Gasteiger partial charge on any atom is -0.487 e. The van der Waals surface area contributed by atoms with Crippen molar-refractivity contribution in [1.82, 2.24) is 19.6 Å². The van der Waals surface area contributed by atoms with E-state index in [2.05, 4.69) is 15.6 Å². The maximum Gasteiger partial charge on any atom is 0.319 e. The van der Waals surface area contributed by atoms with Crippen molar-refractivity contribution in [2.75, 3.05) is 25.0 Å². The second kappa shape index (κ2) is 9.69. The van der Waals surface area contributed by atoms with Gasteiger partial charge in [-0.05, 0) is 55.8 Å². The van der Waals surface area contributed by atoms with Crippen LogP contribution in [0.1, 0.15) is 19.4 Å². The van der Waals surface area contributed by atoms with E-state index in [0.29, 0.717) is 31.1 Å². The Labute approximate surface area is 186 Å². The molecule has 2 N–H and O–H groups in total. The van der Waals surface area contributed by atoms with Crippen LogP contribution in [0.2, 0.25) is 0 Å². The third-order valence-corrected chi connectivity index (χ3v) is 5.07. The highest BCUT2D eigenvalue weighted by molar-refractivity contribution is 5.89. The van der Waals surface area contributed by atoms with E-state index in [0.717, 1.165) is 11.2 Å². The molecule has 1 aromatic carbocycles. The number of rotatable bonds is 8. The van der Waals surface area contributed by atoms with Gasteiger partial charge in [0.25, 0.3) is 0 Å². The van der Waals surface area contributed by atoms with E-state index in [9.17, 15) is 9.59 Å². The number of urea groups is 1. The van der Waals surface area contributed by atoms with Crippen molar-refractivity contribution in [1.29, 1.82) is 0 Å². The summed E-state index contributed by atoms with van der Waals surface area (Å²) in [5.41, 5.74) is 2.46. The Kier molecular flexibility index (Phi) is 6.55. The zero-order valence-electron chi connectivity index (χ0n) is 18.2. The summed E-state index contributed by atoms with van der Waals surface area (Å²) in [7, 11) is 0. The summed E-state index contributed by atoms with van der Waals surface area (Å²) in [5.74, 6) is 0.674. The number of fused-ring (bicyclic) bond motifs is 1. The normalized spacial score (nSPS) is 13.8. The second-order valence-corrected chi connectivity index (χ2v) is 7.96. The van der Waals surface area contributed by atoms with Crippen LogP contribution in [0.4, 0.5) is 10.5 Å². The first-order valence-electron chi connectivity index (χ1n) is 10.6. The number of carbonyl (C=O) groups is 2. The van der Waals surface area contributed by atoms with Crippen LogP contribution >= 0.6 is 0 Å². The Bertz CT molecular complexity index is 1070. The molecule has 4 rings (SSSR count). The van der Waals surface area contributed by atoms with Crippen molar-refractivity contribution >= 4 is 23.3 Å². The zero-order valence-corrected chi connectivity index (χ0v) is 18.2. The molecule has 1 fully saturated rings. The Hall–Kier alpha value is -3.59. The third kappa shape index (κ3) is 5.55. The fourth-order valence-corrected chi connectivity index (χ4v) is 3.27. The van der Waals surface area contributed by atoms with Crippen LogP contribution in [0.25, 0.3) is 5.65 Å². The number of anilines is 1. The first-order chi connectivity index (χ1) is 15.5. The summed E-state index contributed by atoms with van der Waals surface area (Å²) in [6.07, 6.45) is 5.51. The molecule has 0 bridgehead atoms. The van der Waals surface area contributed by atoms with Gasteiger partial charge in [0.2, 0.25) is 5.91 Å². The lowest BCUT2D eigenvalue weighted by Crippen LogP contribution is -2.57. The molecule has 0 saturated carbocycles. The maximum atomic E-state index is 12.2. The molecule has 0 spiro atoms. The molecule has 3 heterocycles. The highest BCUT2D eigenvalue weighted by Crippen LogP contribution is 2.20. The standard InChI is InChI=1S/C23H27N5O4/c1-16(2)31-15-22(29)28-13-20(14-28)32-19-5-3-18(4-6-19)26-23(30)25-12-17-7-9-27-10-8-24-21(27)11-17/h3-11,16,20H,12-15H2,1-2H3,(H2,25,26,30). The van der Waals surface area contributed by atoms with Crippen molar-refractivity contribution in [3.05, 3.63) is 60.6 Å². The van der Waals surface area contributed by atoms with Gasteiger partial charge in [-0.2, -0.15) is 0 Å². The van der Waals surface area contributed by atoms with E-state index >= 15 is 0 Å². The lowest BCUT2D eigenvalue weighted by molar-refractivity contribution is -0.146. The number of carbonyl (C=O) groups excluding carboxylic acids is 2. The van der Waals surface area contributed by atoms with Gasteiger partial charge < -0.3 is 29.4 Å². The molecule has 168 valence electrons. The van der Waals surface area contributed by atoms with Gasteiger partial charge in [-0.15, -0.1) is 0 Å². The average molecular weight is 438 g/mol. The molecule has 9 heteroatoms. The molecule has 2 aromatic heterocycles. The molecule has 0 atom stereocenters. The molecule has 3 amide bonds. The summed E-state index contributed by atoms with van der Waals surface area (Å²) in [4.78, 5) is 30.1. The van der Waals surface area contributed by atoms with Gasteiger partial charge >= 0.3 is 6.03 Å². The van der Waals surface area contributed by atoms with E-state index in [4.69, 9.17) is 9.47 Å². The molecule has 0 unspecified atom stereocenters. The van der Waals surface area contributed by atoms with Crippen molar-refractivity contribution in [2.45, 2.75) is 32.6 Å². The van der Waals surface area contributed by atoms with Gasteiger partial charge in [0.15, 0.2) is 0 Å². The number of likely N-dealkylation sites (tertiary alicyclic amines) is 1. The van der Waals surface area contributed by atoms with Crippen molar-refractivity contribution < 1.29 is 19.1 Å². The van der Waals surface area contributed by atoms with E-state index in [1.165, 1.54) is 0 Å². The molecule has 0 radical (unpaired) electrons. The molecule has 0 aliphatic carbocycles. The monoisotopic (exact) mass is 437 g/mol. The predicted octanol–water partition coefficient (Wildman–Crippen LogP) is 2.67. The fourth-order valence-electron chi connectivity index (χ4n) is 3.27. The van der Waals surface area contributed by atoms with Crippen LogP contribution in [-0.2, 0) is 16.1 Å². The van der Waals surface area contributed by atoms with Crippen LogP contribution in [0.5, 0.6) is 5.75 Å². The van der Waals surface area contributed by atoms with E-state index < -0.39 is 0 Å². The smallest absolute Gasteiger partial charge is 0.319 e. The van der Waals surface area contributed by atoms with Gasteiger partial charge in [-0.1, -0.05) is 0 Å². The predicted molar refractivity (Wildman–Crippen MR) is 120 cm³/mol. The third-order valence-electron chi connectivity index (χ3n) is 5.07. The SMILES string of the molecule is CC(C)OCC(=O)N1CC(Oc2ccc(NC(=O)NCc3ccn4ccnc4c3)cc2)C1. The average Bonchev–Trinajstić information content (AvgIpc) is 3.22. The molecular weight excluding hydrogens is 410 g/mol. The topological polar surface area (TPSA) is 97.2 Å². The minimum atomic E-state index is -0.293. The Balaban J connectivity index is 1.18. The number of imidazole rings is 1. The summed E-state index contributed by atoms with van der Waals surface area (Å²) >= 11 is 0. The highest BCUT2D eigenvalue weighted by Gasteiger charge is 2.32. The van der Waals surface area contributed by atoms with Crippen LogP contribution in [0, 0.1) is 0 Å². The second-order valence-electron chi connectivity index (χ2n) is 7.96. The molecule has 32 heavy (non-hydrogen) atoms. The van der Waals surface area contributed by atoms with Gasteiger partial charge in [0, 0.05) is 30.8 Å². The van der Waals surface area contributed by atoms with E-state index in [1.807, 2.05) is 42.8 Å². The largest absolute Gasteiger partial charge is 0.487 e. The Morgan fingerprint density at radius 3 is 2.69 bits per heavy atom. The fraction of sp³-hybridized carbons (Fsp3) is 0.348. The number of amides is 3. The Morgan fingerprint density at radius 1 is 1.16 bits per heavy atom. The lowest BCUT2D eigenvalue weighted by atomic mass is 10.1. The first-order valence-corrected chi connectivity index (χ1v) is 10.6. The van der Waals surface area contributed by atoms with Gasteiger partial charge in [-0.25, -0.2) is 9.78 Å². The van der Waals surface area contributed by atoms with Gasteiger partial charge in [0.1, 0.15) is 24.1 Å². The summed E-state index contributed by atoms with van der Waals surface area (Å²) in [6.45, 7) is 5.40. The molecule has 1 aliphatic heterocycles. The minimum absolute atomic E-state index is 0.0196. The van der Waals surface area contributed by atoms with Gasteiger partial charge in [-0.3, -0.25) is 4.79 Å². The van der Waals surface area contributed by atoms with E-state index in [1.54, 1.807) is 35.4 Å². The number of benzene rings is 1. The highest BCUT2D eigenvalue weighted by atomic mass is 16.5. The summed E-state index contributed by atoms with van der Waals surface area (Å²) < 4.78 is 13.1. The Morgan fingerprint density at radius 2 is 1.94 bits per heavy atom. The first kappa shape index (κ1) is 21.6. The van der Waals surface area contributed by atoms with Crippen molar-refractivity contribution in [3.8, 4) is 5.75 Å². The van der Waals surface area contributed by atoms with Gasteiger partial charge in [0.05, 0.1) is 19.2 Å². The molecule has 3 aromatic rings. The van der Waals surface area contributed by atoms with Crippen molar-refractivity contribution in [3.63, 3.8) is 0 Å². The van der Waals surface area contributed by atoms with Crippen LogP contribution in [0.3, 0.4) is 0 Å². The summed E-state index contributed by atoms with van der Waals surface area (Å²) in [6, 6.07) is 10.7. The van der Waals surface area contributed by atoms with Crippen molar-refractivity contribution in [2.24, 2.45) is 0 Å². The van der Waals surface area contributed by atoms with Crippen LogP contribution in [-0.4, -0.2) is 58.1 Å². The number of nitrogens with one attached hydrogen (secondary N) is 2. The number of ether oxygens (including phenoxy) is 2. The summed E-state index contributed by atoms with van der Waals surface area (Å²) in [5, 5.41) is 5.64.